The molecular weight excluding hydrogens is 286 g/mol. The molecule has 3 nitrogen and oxygen atoms in total. The van der Waals surface area contributed by atoms with Crippen LogP contribution in [0.5, 0.6) is 0 Å². The van der Waals surface area contributed by atoms with E-state index in [0.717, 1.165) is 5.69 Å². The van der Waals surface area contributed by atoms with Gasteiger partial charge in [0.25, 0.3) is 0 Å². The molecule has 106 valence electrons. The lowest BCUT2D eigenvalue weighted by Gasteiger charge is -2.16. The van der Waals surface area contributed by atoms with Crippen LogP contribution in [0, 0.1) is 0 Å². The highest BCUT2D eigenvalue weighted by atomic mass is 35.5. The maximum atomic E-state index is 12.3. The molecule has 2 aromatic carbocycles. The van der Waals surface area contributed by atoms with Crippen molar-refractivity contribution >= 4 is 29.0 Å². The molecule has 0 radical (unpaired) electrons. The Morgan fingerprint density at radius 3 is 2.19 bits per heavy atom. The Balaban J connectivity index is 1.82. The number of halogens is 1. The van der Waals surface area contributed by atoms with Gasteiger partial charge in [0.1, 0.15) is 0 Å². The Hall–Kier alpha value is -2.13. The fourth-order valence-corrected chi connectivity index (χ4v) is 2.73. The monoisotopic (exact) mass is 299 g/mol. The molecule has 0 aromatic heterocycles. The maximum absolute atomic E-state index is 12.3. The van der Waals surface area contributed by atoms with Crippen molar-refractivity contribution in [1.29, 1.82) is 0 Å². The van der Waals surface area contributed by atoms with Gasteiger partial charge in [-0.3, -0.25) is 9.59 Å². The van der Waals surface area contributed by atoms with Gasteiger partial charge >= 0.3 is 0 Å². The average Bonchev–Trinajstić information content (AvgIpc) is 2.86. The second kappa shape index (κ2) is 5.70. The van der Waals surface area contributed by atoms with E-state index < -0.39 is 0 Å². The summed E-state index contributed by atoms with van der Waals surface area (Å²) in [6, 6.07) is 16.2. The second-order valence-corrected chi connectivity index (χ2v) is 5.66. The Bertz CT molecular complexity index is 667. The molecule has 2 aromatic rings. The molecule has 1 saturated heterocycles. The van der Waals surface area contributed by atoms with Crippen molar-refractivity contribution in [3.8, 4) is 0 Å². The number of hydrogen-bond acceptors (Lipinski definition) is 2. The van der Waals surface area contributed by atoms with Crippen molar-refractivity contribution in [2.45, 2.75) is 11.8 Å². The van der Waals surface area contributed by atoms with Gasteiger partial charge in [-0.25, -0.2) is 0 Å². The minimum absolute atomic E-state index is 0.0230. The minimum atomic E-state index is -0.136. The number of benzene rings is 2. The lowest BCUT2D eigenvalue weighted by Crippen LogP contribution is -2.24. The standard InChI is InChI=1S/C17H14ClNO2/c18-14-10-16(20)19(11-14)15-8-6-13(7-9-15)17(21)12-4-2-1-3-5-12/h1-9,14H,10-11H2. The number of hydrogen-bond donors (Lipinski definition) is 0. The van der Waals surface area contributed by atoms with E-state index in [1.165, 1.54) is 0 Å². The van der Waals surface area contributed by atoms with Crippen molar-refractivity contribution < 1.29 is 9.59 Å². The lowest BCUT2D eigenvalue weighted by molar-refractivity contribution is -0.117. The molecule has 0 saturated carbocycles. The normalized spacial score (nSPS) is 18.0. The van der Waals surface area contributed by atoms with Crippen LogP contribution >= 0.6 is 11.6 Å². The fourth-order valence-electron chi connectivity index (χ4n) is 2.46. The first kappa shape index (κ1) is 13.8. The first-order chi connectivity index (χ1) is 10.1. The van der Waals surface area contributed by atoms with Crippen LogP contribution in [-0.4, -0.2) is 23.6 Å². The maximum Gasteiger partial charge on any atom is 0.228 e. The van der Waals surface area contributed by atoms with E-state index in [-0.39, 0.29) is 17.1 Å². The van der Waals surface area contributed by atoms with E-state index in [2.05, 4.69) is 0 Å². The zero-order chi connectivity index (χ0) is 14.8. The van der Waals surface area contributed by atoms with Crippen LogP contribution in [0.1, 0.15) is 22.3 Å². The Kier molecular flexibility index (Phi) is 3.76. The molecule has 1 atom stereocenters. The molecule has 4 heteroatoms. The van der Waals surface area contributed by atoms with Gasteiger partial charge in [-0.2, -0.15) is 0 Å². The molecular formula is C17H14ClNO2. The zero-order valence-electron chi connectivity index (χ0n) is 11.3. The van der Waals surface area contributed by atoms with Gasteiger partial charge in [-0.15, -0.1) is 11.6 Å². The summed E-state index contributed by atoms with van der Waals surface area (Å²) in [5.41, 5.74) is 2.05. The lowest BCUT2D eigenvalue weighted by atomic mass is 10.0. The quantitative estimate of drug-likeness (QED) is 0.644. The van der Waals surface area contributed by atoms with E-state index in [4.69, 9.17) is 11.6 Å². The number of ketones is 1. The van der Waals surface area contributed by atoms with Crippen LogP contribution in [0.15, 0.2) is 54.6 Å². The topological polar surface area (TPSA) is 37.4 Å². The molecule has 0 bridgehead atoms. The molecule has 1 aliphatic heterocycles. The predicted molar refractivity (Wildman–Crippen MR) is 82.9 cm³/mol. The van der Waals surface area contributed by atoms with Crippen LogP contribution in [0.2, 0.25) is 0 Å². The van der Waals surface area contributed by atoms with Crippen LogP contribution in [-0.2, 0) is 4.79 Å². The summed E-state index contributed by atoms with van der Waals surface area (Å²) in [4.78, 5) is 25.8. The van der Waals surface area contributed by atoms with Gasteiger partial charge in [-0.05, 0) is 24.3 Å². The number of rotatable bonds is 3. The zero-order valence-corrected chi connectivity index (χ0v) is 12.1. The van der Waals surface area contributed by atoms with Gasteiger partial charge in [0, 0.05) is 29.8 Å². The first-order valence-corrected chi connectivity index (χ1v) is 7.23. The third-order valence-corrected chi connectivity index (χ3v) is 3.85. The molecule has 1 amide bonds. The summed E-state index contributed by atoms with van der Waals surface area (Å²) >= 11 is 6.00. The summed E-state index contributed by atoms with van der Waals surface area (Å²) in [5.74, 6) is 0.00209. The van der Waals surface area contributed by atoms with Crippen LogP contribution < -0.4 is 4.90 Å². The SMILES string of the molecule is O=C(c1ccccc1)c1ccc(N2CC(Cl)CC2=O)cc1. The number of carbonyl (C=O) groups is 2. The highest BCUT2D eigenvalue weighted by molar-refractivity contribution is 6.24. The van der Waals surface area contributed by atoms with Gasteiger partial charge in [0.15, 0.2) is 5.78 Å². The van der Waals surface area contributed by atoms with E-state index in [1.54, 1.807) is 41.3 Å². The fraction of sp³-hybridized carbons (Fsp3) is 0.176. The molecule has 0 spiro atoms. The van der Waals surface area contributed by atoms with Crippen molar-refractivity contribution in [1.82, 2.24) is 0 Å². The smallest absolute Gasteiger partial charge is 0.228 e. The number of alkyl halides is 1. The molecule has 1 fully saturated rings. The predicted octanol–water partition coefficient (Wildman–Crippen LogP) is 3.26. The average molecular weight is 300 g/mol. The Morgan fingerprint density at radius 1 is 1.00 bits per heavy atom. The van der Waals surface area contributed by atoms with Gasteiger partial charge in [-0.1, -0.05) is 30.3 Å². The molecule has 1 heterocycles. The summed E-state index contributed by atoms with van der Waals surface area (Å²) in [6.45, 7) is 0.520. The highest BCUT2D eigenvalue weighted by Crippen LogP contribution is 2.25. The van der Waals surface area contributed by atoms with Crippen LogP contribution in [0.4, 0.5) is 5.69 Å². The molecule has 0 aliphatic carbocycles. The first-order valence-electron chi connectivity index (χ1n) is 6.79. The third kappa shape index (κ3) is 2.83. The second-order valence-electron chi connectivity index (χ2n) is 5.05. The minimum Gasteiger partial charge on any atom is -0.311 e. The van der Waals surface area contributed by atoms with E-state index in [9.17, 15) is 9.59 Å². The van der Waals surface area contributed by atoms with E-state index in [0.29, 0.717) is 24.1 Å². The molecule has 3 rings (SSSR count). The molecule has 1 unspecified atom stereocenters. The number of carbonyl (C=O) groups excluding carboxylic acids is 2. The van der Waals surface area contributed by atoms with Crippen molar-refractivity contribution in [3.05, 3.63) is 65.7 Å². The van der Waals surface area contributed by atoms with Crippen LogP contribution in [0.3, 0.4) is 0 Å². The van der Waals surface area contributed by atoms with Gasteiger partial charge in [0.2, 0.25) is 5.91 Å². The third-order valence-electron chi connectivity index (χ3n) is 3.55. The van der Waals surface area contributed by atoms with Crippen molar-refractivity contribution in [2.24, 2.45) is 0 Å². The van der Waals surface area contributed by atoms with Crippen molar-refractivity contribution in [3.63, 3.8) is 0 Å². The van der Waals surface area contributed by atoms with Gasteiger partial charge in [0.05, 0.1) is 5.38 Å². The number of nitrogens with zero attached hydrogens (tertiary/aromatic N) is 1. The molecule has 21 heavy (non-hydrogen) atoms. The Labute approximate surface area is 128 Å². The Morgan fingerprint density at radius 2 is 1.62 bits per heavy atom. The molecule has 1 aliphatic rings. The van der Waals surface area contributed by atoms with Gasteiger partial charge < -0.3 is 4.90 Å². The molecule has 0 N–H and O–H groups in total. The highest BCUT2D eigenvalue weighted by Gasteiger charge is 2.29. The summed E-state index contributed by atoms with van der Waals surface area (Å²) in [6.07, 6.45) is 0.367. The number of amides is 1. The summed E-state index contributed by atoms with van der Waals surface area (Å²) in [7, 11) is 0. The largest absolute Gasteiger partial charge is 0.311 e. The number of anilines is 1. The summed E-state index contributed by atoms with van der Waals surface area (Å²) < 4.78 is 0. The van der Waals surface area contributed by atoms with Crippen molar-refractivity contribution in [2.75, 3.05) is 11.4 Å². The van der Waals surface area contributed by atoms with E-state index in [1.807, 2.05) is 18.2 Å². The summed E-state index contributed by atoms with van der Waals surface area (Å²) in [5, 5.41) is -0.136. The van der Waals surface area contributed by atoms with Crippen LogP contribution in [0.25, 0.3) is 0 Å². The van der Waals surface area contributed by atoms with E-state index >= 15 is 0 Å².